The van der Waals surface area contributed by atoms with Crippen LogP contribution in [0, 0.1) is 13.8 Å². The van der Waals surface area contributed by atoms with Gasteiger partial charge in [0.1, 0.15) is 0 Å². The molecule has 0 radical (unpaired) electrons. The van der Waals surface area contributed by atoms with Gasteiger partial charge in [-0.15, -0.1) is 0 Å². The van der Waals surface area contributed by atoms with E-state index >= 15 is 0 Å². The van der Waals surface area contributed by atoms with Crippen LogP contribution in [0.1, 0.15) is 17.0 Å². The Morgan fingerprint density at radius 1 is 1.42 bits per heavy atom. The zero-order valence-electron chi connectivity index (χ0n) is 10.3. The Morgan fingerprint density at radius 2 is 2.11 bits per heavy atom. The van der Waals surface area contributed by atoms with Crippen LogP contribution in [0.15, 0.2) is 12.3 Å². The highest BCUT2D eigenvalue weighted by molar-refractivity contribution is 6.35. The molecular weight excluding hydrogens is 289 g/mol. The van der Waals surface area contributed by atoms with E-state index in [1.807, 2.05) is 0 Å². The van der Waals surface area contributed by atoms with Crippen molar-refractivity contribution in [2.24, 2.45) is 0 Å². The van der Waals surface area contributed by atoms with Gasteiger partial charge in [-0.25, -0.2) is 9.67 Å². The zero-order valence-corrected chi connectivity index (χ0v) is 11.8. The number of rotatable bonds is 3. The van der Waals surface area contributed by atoms with Gasteiger partial charge < -0.3 is 5.11 Å². The van der Waals surface area contributed by atoms with Gasteiger partial charge >= 0.3 is 5.97 Å². The summed E-state index contributed by atoms with van der Waals surface area (Å²) < 4.78 is 1.53. The Balaban J connectivity index is 2.54. The molecule has 0 amide bonds. The molecule has 7 heteroatoms. The standard InChI is InChI=1S/C12H11Cl2N3O2/c1-6-9(4-11(18)19)7(2)17(16-6)12-10(14)3-8(13)5-15-12/h3,5H,4H2,1-2H3,(H,18,19). The number of aromatic nitrogens is 3. The van der Waals surface area contributed by atoms with E-state index < -0.39 is 5.97 Å². The normalized spacial score (nSPS) is 10.7. The first-order valence-corrected chi connectivity index (χ1v) is 6.24. The minimum absolute atomic E-state index is 0.0805. The van der Waals surface area contributed by atoms with E-state index in [4.69, 9.17) is 28.3 Å². The summed E-state index contributed by atoms with van der Waals surface area (Å²) in [6, 6.07) is 1.57. The Hall–Kier alpha value is -1.59. The van der Waals surface area contributed by atoms with E-state index in [9.17, 15) is 4.79 Å². The lowest BCUT2D eigenvalue weighted by Gasteiger charge is -2.06. The molecule has 0 spiro atoms. The Bertz CT molecular complexity index is 653. The lowest BCUT2D eigenvalue weighted by Crippen LogP contribution is -2.05. The molecule has 2 aromatic rings. The summed E-state index contributed by atoms with van der Waals surface area (Å²) in [5.41, 5.74) is 2.02. The second-order valence-electron chi connectivity index (χ2n) is 4.09. The smallest absolute Gasteiger partial charge is 0.307 e. The number of aryl methyl sites for hydroxylation is 1. The Labute approximate surface area is 119 Å². The molecule has 0 bridgehead atoms. The molecule has 0 aliphatic rings. The van der Waals surface area contributed by atoms with Crippen molar-refractivity contribution in [2.45, 2.75) is 20.3 Å². The number of carboxylic acid groups (broad SMARTS) is 1. The van der Waals surface area contributed by atoms with Crippen molar-refractivity contribution in [3.8, 4) is 5.82 Å². The molecule has 0 aliphatic carbocycles. The summed E-state index contributed by atoms with van der Waals surface area (Å²) in [7, 11) is 0. The molecule has 2 rings (SSSR count). The molecule has 5 nitrogen and oxygen atoms in total. The van der Waals surface area contributed by atoms with Crippen molar-refractivity contribution in [3.05, 3.63) is 39.3 Å². The molecule has 0 unspecified atom stereocenters. The number of hydrogen-bond acceptors (Lipinski definition) is 3. The monoisotopic (exact) mass is 299 g/mol. The molecule has 0 fully saturated rings. The van der Waals surface area contributed by atoms with Gasteiger partial charge in [0.05, 0.1) is 22.2 Å². The average molecular weight is 300 g/mol. The van der Waals surface area contributed by atoms with Gasteiger partial charge in [0, 0.05) is 17.5 Å². The second kappa shape index (κ2) is 5.19. The third kappa shape index (κ3) is 2.72. The minimum atomic E-state index is -0.902. The number of halogens is 2. The summed E-state index contributed by atoms with van der Waals surface area (Å²) in [6.07, 6.45) is 1.39. The van der Waals surface area contributed by atoms with E-state index in [-0.39, 0.29) is 6.42 Å². The molecule has 19 heavy (non-hydrogen) atoms. The van der Waals surface area contributed by atoms with Crippen molar-refractivity contribution < 1.29 is 9.90 Å². The summed E-state index contributed by atoms with van der Waals surface area (Å²) >= 11 is 11.9. The van der Waals surface area contributed by atoms with Crippen LogP contribution in [0.25, 0.3) is 5.82 Å². The predicted octanol–water partition coefficient (Wildman–Crippen LogP) is 2.82. The van der Waals surface area contributed by atoms with Gasteiger partial charge in [0.15, 0.2) is 5.82 Å². The zero-order chi connectivity index (χ0) is 14.2. The second-order valence-corrected chi connectivity index (χ2v) is 4.93. The molecule has 0 atom stereocenters. The van der Waals surface area contributed by atoms with Crippen LogP contribution in [-0.2, 0) is 11.2 Å². The molecule has 0 aliphatic heterocycles. The van der Waals surface area contributed by atoms with Crippen LogP contribution in [0.3, 0.4) is 0 Å². The quantitative estimate of drug-likeness (QED) is 0.946. The van der Waals surface area contributed by atoms with Crippen LogP contribution in [0.2, 0.25) is 10.0 Å². The summed E-state index contributed by atoms with van der Waals surface area (Å²) in [4.78, 5) is 15.0. The van der Waals surface area contributed by atoms with Crippen molar-refractivity contribution in [1.29, 1.82) is 0 Å². The fourth-order valence-electron chi connectivity index (χ4n) is 1.85. The van der Waals surface area contributed by atoms with Gasteiger partial charge in [-0.05, 0) is 19.9 Å². The van der Waals surface area contributed by atoms with E-state index in [0.29, 0.717) is 32.8 Å². The largest absolute Gasteiger partial charge is 0.481 e. The first kappa shape index (κ1) is 13.8. The van der Waals surface area contributed by atoms with Crippen molar-refractivity contribution in [2.75, 3.05) is 0 Å². The van der Waals surface area contributed by atoms with Crippen LogP contribution in [0.4, 0.5) is 0 Å². The van der Waals surface area contributed by atoms with Crippen molar-refractivity contribution in [1.82, 2.24) is 14.8 Å². The topological polar surface area (TPSA) is 68.0 Å². The summed E-state index contributed by atoms with van der Waals surface area (Å²) in [6.45, 7) is 3.54. The van der Waals surface area contributed by atoms with E-state index in [2.05, 4.69) is 10.1 Å². The molecular formula is C12H11Cl2N3O2. The van der Waals surface area contributed by atoms with Gasteiger partial charge in [-0.3, -0.25) is 4.79 Å². The number of hydrogen-bond donors (Lipinski definition) is 1. The van der Waals surface area contributed by atoms with E-state index in [1.54, 1.807) is 19.9 Å². The van der Waals surface area contributed by atoms with Gasteiger partial charge in [-0.1, -0.05) is 23.2 Å². The number of carboxylic acids is 1. The summed E-state index contributed by atoms with van der Waals surface area (Å²) in [5.74, 6) is -0.468. The van der Waals surface area contributed by atoms with Crippen molar-refractivity contribution >= 4 is 29.2 Å². The lowest BCUT2D eigenvalue weighted by atomic mass is 10.1. The average Bonchev–Trinajstić information content (AvgIpc) is 2.57. The maximum absolute atomic E-state index is 10.8. The predicted molar refractivity (Wildman–Crippen MR) is 72.2 cm³/mol. The highest BCUT2D eigenvalue weighted by Crippen LogP contribution is 2.24. The number of pyridine rings is 1. The molecule has 100 valence electrons. The SMILES string of the molecule is Cc1nn(-c2ncc(Cl)cc2Cl)c(C)c1CC(=O)O. The van der Waals surface area contributed by atoms with Gasteiger partial charge in [-0.2, -0.15) is 5.10 Å². The Kier molecular flexibility index (Phi) is 3.78. The Morgan fingerprint density at radius 3 is 2.68 bits per heavy atom. The van der Waals surface area contributed by atoms with Crippen LogP contribution < -0.4 is 0 Å². The lowest BCUT2D eigenvalue weighted by molar-refractivity contribution is -0.136. The maximum atomic E-state index is 10.8. The first-order chi connectivity index (χ1) is 8.90. The molecule has 0 saturated heterocycles. The third-order valence-electron chi connectivity index (χ3n) is 2.76. The molecule has 1 N–H and O–H groups in total. The van der Waals surface area contributed by atoms with Crippen molar-refractivity contribution in [3.63, 3.8) is 0 Å². The molecule has 0 saturated carbocycles. The highest BCUT2D eigenvalue weighted by atomic mass is 35.5. The molecule has 2 aromatic heterocycles. The van der Waals surface area contributed by atoms with E-state index in [1.165, 1.54) is 10.9 Å². The fraction of sp³-hybridized carbons (Fsp3) is 0.250. The number of nitrogens with zero attached hydrogens (tertiary/aromatic N) is 3. The number of aliphatic carboxylic acids is 1. The van der Waals surface area contributed by atoms with Crippen LogP contribution in [-0.4, -0.2) is 25.8 Å². The maximum Gasteiger partial charge on any atom is 0.307 e. The highest BCUT2D eigenvalue weighted by Gasteiger charge is 2.17. The first-order valence-electron chi connectivity index (χ1n) is 5.48. The third-order valence-corrected chi connectivity index (χ3v) is 3.24. The minimum Gasteiger partial charge on any atom is -0.481 e. The molecule has 0 aromatic carbocycles. The fourth-order valence-corrected chi connectivity index (χ4v) is 2.31. The van der Waals surface area contributed by atoms with Gasteiger partial charge in [0.2, 0.25) is 0 Å². The van der Waals surface area contributed by atoms with Crippen LogP contribution >= 0.6 is 23.2 Å². The number of carbonyl (C=O) groups is 1. The van der Waals surface area contributed by atoms with Gasteiger partial charge in [0.25, 0.3) is 0 Å². The van der Waals surface area contributed by atoms with E-state index in [0.717, 1.165) is 0 Å². The summed E-state index contributed by atoms with van der Waals surface area (Å²) in [5, 5.41) is 14.0. The van der Waals surface area contributed by atoms with Crippen LogP contribution in [0.5, 0.6) is 0 Å². The molecule has 2 heterocycles.